The molecule has 132 valence electrons. The molecule has 0 spiro atoms. The number of anilines is 1. The van der Waals surface area contributed by atoms with Gasteiger partial charge in [0.15, 0.2) is 5.82 Å². The highest BCUT2D eigenvalue weighted by Gasteiger charge is 2.15. The largest absolute Gasteiger partial charge is 0.381 e. The number of nitrogens with one attached hydrogen (secondary N) is 1. The summed E-state index contributed by atoms with van der Waals surface area (Å²) in [6.07, 6.45) is 4.55. The third kappa shape index (κ3) is 4.07. The van der Waals surface area contributed by atoms with Crippen molar-refractivity contribution in [2.24, 2.45) is 0 Å². The van der Waals surface area contributed by atoms with Crippen LogP contribution in [0, 0.1) is 17.0 Å². The zero-order valence-corrected chi connectivity index (χ0v) is 14.0. The van der Waals surface area contributed by atoms with Crippen LogP contribution < -0.4 is 5.32 Å². The summed E-state index contributed by atoms with van der Waals surface area (Å²) in [7, 11) is 0. The number of imidazole rings is 1. The number of amides is 1. The third-order valence-corrected chi connectivity index (χ3v) is 3.70. The van der Waals surface area contributed by atoms with Gasteiger partial charge in [-0.1, -0.05) is 30.3 Å². The van der Waals surface area contributed by atoms with Gasteiger partial charge in [-0.2, -0.15) is 0 Å². The molecule has 0 bridgehead atoms. The normalized spacial score (nSPS) is 10.5. The number of carbonyl (C=O) groups excluding carboxylic acids is 1. The number of nitrogens with zero attached hydrogens (tertiary/aromatic N) is 5. The molecule has 0 aliphatic heterocycles. The van der Waals surface area contributed by atoms with E-state index in [2.05, 4.69) is 20.3 Å². The Morgan fingerprint density at radius 1 is 1.23 bits per heavy atom. The predicted octanol–water partition coefficient (Wildman–Crippen LogP) is 2.59. The zero-order chi connectivity index (χ0) is 18.5. The molecule has 0 atom stereocenters. The molecule has 3 aromatic rings. The van der Waals surface area contributed by atoms with Crippen LogP contribution in [0.4, 0.5) is 11.5 Å². The number of nitro groups is 1. The summed E-state index contributed by atoms with van der Waals surface area (Å²) in [5.74, 6) is 0.592. The summed E-state index contributed by atoms with van der Waals surface area (Å²) in [5.41, 5.74) is 1.38. The van der Waals surface area contributed by atoms with Crippen molar-refractivity contribution < 1.29 is 9.72 Å². The second-order valence-corrected chi connectivity index (χ2v) is 5.56. The number of rotatable bonds is 6. The lowest BCUT2D eigenvalue weighted by atomic mass is 10.2. The Kier molecular flexibility index (Phi) is 4.97. The number of benzene rings is 1. The molecule has 2 heterocycles. The van der Waals surface area contributed by atoms with E-state index in [-0.39, 0.29) is 18.1 Å². The van der Waals surface area contributed by atoms with Crippen LogP contribution in [-0.2, 0) is 11.3 Å². The number of aryl methyl sites for hydroxylation is 2. The van der Waals surface area contributed by atoms with E-state index >= 15 is 0 Å². The molecule has 0 fully saturated rings. The van der Waals surface area contributed by atoms with E-state index in [1.54, 1.807) is 23.9 Å². The fourth-order valence-electron chi connectivity index (χ4n) is 2.38. The predicted molar refractivity (Wildman–Crippen MR) is 94.3 cm³/mol. The zero-order valence-electron chi connectivity index (χ0n) is 14.0. The summed E-state index contributed by atoms with van der Waals surface area (Å²) in [5, 5.41) is 13.4. The summed E-state index contributed by atoms with van der Waals surface area (Å²) < 4.78 is 1.58. The first-order valence-corrected chi connectivity index (χ1v) is 7.88. The van der Waals surface area contributed by atoms with E-state index in [0.29, 0.717) is 23.9 Å². The average molecular weight is 352 g/mol. The molecule has 1 N–H and O–H groups in total. The lowest BCUT2D eigenvalue weighted by Crippen LogP contribution is -2.15. The van der Waals surface area contributed by atoms with Gasteiger partial charge in [-0.15, -0.1) is 0 Å². The molecule has 0 saturated heterocycles. The highest BCUT2D eigenvalue weighted by molar-refractivity contribution is 5.90. The molecule has 0 unspecified atom stereocenters. The van der Waals surface area contributed by atoms with Crippen molar-refractivity contribution in [1.29, 1.82) is 0 Å². The van der Waals surface area contributed by atoms with Gasteiger partial charge in [0.1, 0.15) is 6.20 Å². The Balaban J connectivity index is 1.57. The first kappa shape index (κ1) is 17.2. The maximum Gasteiger partial charge on any atom is 0.381 e. The summed E-state index contributed by atoms with van der Waals surface area (Å²) >= 11 is 0. The Bertz CT molecular complexity index is 921. The molecular weight excluding hydrogens is 336 g/mol. The van der Waals surface area contributed by atoms with Gasteiger partial charge in [0.05, 0.1) is 18.1 Å². The van der Waals surface area contributed by atoms with Crippen LogP contribution in [0.2, 0.25) is 0 Å². The summed E-state index contributed by atoms with van der Waals surface area (Å²) in [6, 6.07) is 9.52. The first-order valence-electron chi connectivity index (χ1n) is 7.88. The van der Waals surface area contributed by atoms with E-state index < -0.39 is 4.92 Å². The SMILES string of the molecule is Cc1nc([N+](=O)[O-])cn1CCC(=O)Nc1cnc(-c2ccccc2)nc1. The van der Waals surface area contributed by atoms with Crippen LogP contribution in [0.3, 0.4) is 0 Å². The third-order valence-electron chi connectivity index (χ3n) is 3.70. The first-order chi connectivity index (χ1) is 12.5. The fourth-order valence-corrected chi connectivity index (χ4v) is 2.38. The second-order valence-electron chi connectivity index (χ2n) is 5.56. The van der Waals surface area contributed by atoms with Crippen LogP contribution in [-0.4, -0.2) is 30.3 Å². The molecule has 0 saturated carbocycles. The van der Waals surface area contributed by atoms with Gasteiger partial charge < -0.3 is 20.0 Å². The van der Waals surface area contributed by atoms with Gasteiger partial charge in [-0.25, -0.2) is 9.97 Å². The van der Waals surface area contributed by atoms with Crippen molar-refractivity contribution in [1.82, 2.24) is 19.5 Å². The van der Waals surface area contributed by atoms with E-state index in [9.17, 15) is 14.9 Å². The van der Waals surface area contributed by atoms with E-state index in [1.165, 1.54) is 6.20 Å². The van der Waals surface area contributed by atoms with Gasteiger partial charge in [-0.05, 0) is 9.91 Å². The molecule has 26 heavy (non-hydrogen) atoms. The maximum atomic E-state index is 12.1. The van der Waals surface area contributed by atoms with E-state index in [1.807, 2.05) is 30.3 Å². The van der Waals surface area contributed by atoms with Crippen molar-refractivity contribution in [3.05, 3.63) is 64.9 Å². The van der Waals surface area contributed by atoms with Crippen LogP contribution in [0.25, 0.3) is 11.4 Å². The van der Waals surface area contributed by atoms with E-state index in [0.717, 1.165) is 5.56 Å². The number of carbonyl (C=O) groups is 1. The van der Waals surface area contributed by atoms with Crippen LogP contribution in [0.15, 0.2) is 48.9 Å². The number of hydrogen-bond donors (Lipinski definition) is 1. The van der Waals surface area contributed by atoms with E-state index in [4.69, 9.17) is 0 Å². The molecule has 0 aliphatic rings. The van der Waals surface area contributed by atoms with Crippen LogP contribution in [0.5, 0.6) is 0 Å². The van der Waals surface area contributed by atoms with Gasteiger partial charge in [0, 0.05) is 25.5 Å². The molecule has 2 aromatic heterocycles. The highest BCUT2D eigenvalue weighted by Crippen LogP contribution is 2.15. The van der Waals surface area contributed by atoms with Crippen molar-refractivity contribution in [2.45, 2.75) is 19.9 Å². The smallest absolute Gasteiger partial charge is 0.358 e. The van der Waals surface area contributed by atoms with Gasteiger partial charge >= 0.3 is 5.82 Å². The molecule has 0 aliphatic carbocycles. The Morgan fingerprint density at radius 2 is 1.92 bits per heavy atom. The van der Waals surface area contributed by atoms with Gasteiger partial charge in [0.2, 0.25) is 11.7 Å². The molecule has 1 amide bonds. The molecule has 1 aromatic carbocycles. The van der Waals surface area contributed by atoms with Crippen molar-refractivity contribution in [2.75, 3.05) is 5.32 Å². The minimum Gasteiger partial charge on any atom is -0.358 e. The van der Waals surface area contributed by atoms with Gasteiger partial charge in [-0.3, -0.25) is 4.79 Å². The highest BCUT2D eigenvalue weighted by atomic mass is 16.6. The summed E-state index contributed by atoms with van der Waals surface area (Å²) in [4.78, 5) is 34.5. The minimum absolute atomic E-state index is 0.148. The molecule has 0 radical (unpaired) electrons. The number of hydrogen-bond acceptors (Lipinski definition) is 6. The van der Waals surface area contributed by atoms with Crippen molar-refractivity contribution >= 4 is 17.4 Å². The van der Waals surface area contributed by atoms with Crippen molar-refractivity contribution in [3.63, 3.8) is 0 Å². The average Bonchev–Trinajstić information content (AvgIpc) is 3.02. The van der Waals surface area contributed by atoms with Gasteiger partial charge in [0.25, 0.3) is 0 Å². The maximum absolute atomic E-state index is 12.1. The number of aromatic nitrogens is 4. The Hall–Kier alpha value is -3.62. The minimum atomic E-state index is -0.560. The lowest BCUT2D eigenvalue weighted by Gasteiger charge is -2.06. The monoisotopic (exact) mass is 352 g/mol. The second kappa shape index (κ2) is 7.51. The molecular formula is C17H16N6O3. The van der Waals surface area contributed by atoms with Crippen LogP contribution in [0.1, 0.15) is 12.2 Å². The molecule has 3 rings (SSSR count). The molecule has 9 nitrogen and oxygen atoms in total. The van der Waals surface area contributed by atoms with Crippen molar-refractivity contribution in [3.8, 4) is 11.4 Å². The Morgan fingerprint density at radius 3 is 2.54 bits per heavy atom. The topological polar surface area (TPSA) is 116 Å². The quantitative estimate of drug-likeness (QED) is 0.538. The fraction of sp³-hybridized carbons (Fsp3) is 0.176. The molecule has 9 heteroatoms. The standard InChI is InChI=1S/C17H16N6O3/c1-12-20-15(23(25)26)11-22(12)8-7-16(24)21-14-9-18-17(19-10-14)13-5-3-2-4-6-13/h2-6,9-11H,7-8H2,1H3,(H,21,24). The van der Waals surface area contributed by atoms with Crippen LogP contribution >= 0.6 is 0 Å². The summed E-state index contributed by atoms with van der Waals surface area (Å²) in [6.45, 7) is 1.95. The lowest BCUT2D eigenvalue weighted by molar-refractivity contribution is -0.389. The Labute approximate surface area is 148 Å².